The molecule has 0 radical (unpaired) electrons. The van der Waals surface area contributed by atoms with Gasteiger partial charge in [-0.25, -0.2) is 15.0 Å². The van der Waals surface area contributed by atoms with E-state index in [0.717, 1.165) is 18.5 Å². The van der Waals surface area contributed by atoms with Gasteiger partial charge in [-0.15, -0.1) is 0 Å². The second-order valence-corrected chi connectivity index (χ2v) is 5.94. The molecule has 0 spiro atoms. The largest absolute Gasteiger partial charge is 0.345 e. The standard InChI is InChI=1S/C19H21N5O/c1-14-17(12-21-15(2)22-14)19(25)23-18(16-6-4-3-5-7-16)8-10-24-11-9-20-13-24/h3-7,9,11-13,18H,8,10H2,1-2H3,(H,23,25)/t18-/m0/s1. The summed E-state index contributed by atoms with van der Waals surface area (Å²) in [4.78, 5) is 25.2. The van der Waals surface area contributed by atoms with Crippen molar-refractivity contribution in [2.24, 2.45) is 0 Å². The monoisotopic (exact) mass is 335 g/mol. The number of amides is 1. The van der Waals surface area contributed by atoms with Crippen LogP contribution in [0.15, 0.2) is 55.2 Å². The molecule has 6 nitrogen and oxygen atoms in total. The summed E-state index contributed by atoms with van der Waals surface area (Å²) >= 11 is 0. The highest BCUT2D eigenvalue weighted by atomic mass is 16.1. The molecule has 0 unspecified atom stereocenters. The Kier molecular flexibility index (Phi) is 5.18. The molecule has 0 bridgehead atoms. The van der Waals surface area contributed by atoms with Crippen LogP contribution in [0.2, 0.25) is 0 Å². The van der Waals surface area contributed by atoms with E-state index in [4.69, 9.17) is 0 Å². The zero-order valence-electron chi connectivity index (χ0n) is 14.4. The van der Waals surface area contributed by atoms with Crippen LogP contribution in [-0.4, -0.2) is 25.4 Å². The van der Waals surface area contributed by atoms with Gasteiger partial charge in [0.25, 0.3) is 5.91 Å². The number of imidazole rings is 1. The maximum absolute atomic E-state index is 12.7. The van der Waals surface area contributed by atoms with Crippen LogP contribution in [0.25, 0.3) is 0 Å². The molecule has 25 heavy (non-hydrogen) atoms. The fourth-order valence-electron chi connectivity index (χ4n) is 2.75. The van der Waals surface area contributed by atoms with Gasteiger partial charge in [-0.1, -0.05) is 30.3 Å². The first-order chi connectivity index (χ1) is 12.1. The van der Waals surface area contributed by atoms with Crippen LogP contribution in [0.3, 0.4) is 0 Å². The summed E-state index contributed by atoms with van der Waals surface area (Å²) in [6, 6.07) is 9.87. The fourth-order valence-corrected chi connectivity index (χ4v) is 2.75. The number of carbonyl (C=O) groups is 1. The minimum atomic E-state index is -0.156. The number of nitrogens with zero attached hydrogens (tertiary/aromatic N) is 4. The summed E-state index contributed by atoms with van der Waals surface area (Å²) in [7, 11) is 0. The number of aromatic nitrogens is 4. The molecule has 2 heterocycles. The van der Waals surface area contributed by atoms with Gasteiger partial charge in [0, 0.05) is 25.1 Å². The van der Waals surface area contributed by atoms with E-state index in [0.29, 0.717) is 17.1 Å². The lowest BCUT2D eigenvalue weighted by molar-refractivity contribution is 0.0932. The van der Waals surface area contributed by atoms with E-state index in [2.05, 4.69) is 20.3 Å². The van der Waals surface area contributed by atoms with Crippen molar-refractivity contribution in [3.8, 4) is 0 Å². The Morgan fingerprint density at radius 2 is 2.04 bits per heavy atom. The molecule has 0 aliphatic carbocycles. The molecule has 0 aliphatic heterocycles. The smallest absolute Gasteiger partial charge is 0.255 e. The fraction of sp³-hybridized carbons (Fsp3) is 0.263. The summed E-state index contributed by atoms with van der Waals surface area (Å²) in [6.07, 6.45) is 7.80. The highest BCUT2D eigenvalue weighted by Crippen LogP contribution is 2.18. The lowest BCUT2D eigenvalue weighted by Gasteiger charge is -2.20. The number of nitrogens with one attached hydrogen (secondary N) is 1. The van der Waals surface area contributed by atoms with E-state index in [9.17, 15) is 4.79 Å². The molecule has 1 N–H and O–H groups in total. The summed E-state index contributed by atoms with van der Waals surface area (Å²) in [5, 5.41) is 3.12. The van der Waals surface area contributed by atoms with Gasteiger partial charge in [-0.05, 0) is 25.8 Å². The average Bonchev–Trinajstić information content (AvgIpc) is 3.12. The SMILES string of the molecule is Cc1ncc(C(=O)N[C@@H](CCn2ccnc2)c2ccccc2)c(C)n1. The summed E-state index contributed by atoms with van der Waals surface area (Å²) < 4.78 is 2.00. The van der Waals surface area contributed by atoms with E-state index >= 15 is 0 Å². The van der Waals surface area contributed by atoms with E-state index in [-0.39, 0.29) is 11.9 Å². The Balaban J connectivity index is 1.77. The van der Waals surface area contributed by atoms with Gasteiger partial charge in [-0.3, -0.25) is 4.79 Å². The Morgan fingerprint density at radius 3 is 2.72 bits per heavy atom. The third kappa shape index (κ3) is 4.29. The number of hydrogen-bond donors (Lipinski definition) is 1. The van der Waals surface area contributed by atoms with Crippen molar-refractivity contribution >= 4 is 5.91 Å². The molecule has 0 fully saturated rings. The predicted molar refractivity (Wildman–Crippen MR) is 95.0 cm³/mol. The van der Waals surface area contributed by atoms with Crippen molar-refractivity contribution < 1.29 is 4.79 Å². The molecule has 1 atom stereocenters. The van der Waals surface area contributed by atoms with Gasteiger partial charge in [-0.2, -0.15) is 0 Å². The second kappa shape index (κ2) is 7.70. The number of aryl methyl sites for hydroxylation is 3. The molecular formula is C19H21N5O. The van der Waals surface area contributed by atoms with Gasteiger partial charge in [0.05, 0.1) is 23.6 Å². The lowest BCUT2D eigenvalue weighted by Crippen LogP contribution is -2.30. The van der Waals surface area contributed by atoms with Gasteiger partial charge in [0.15, 0.2) is 0 Å². The first-order valence-corrected chi connectivity index (χ1v) is 8.25. The van der Waals surface area contributed by atoms with Crippen LogP contribution in [0.1, 0.15) is 39.9 Å². The van der Waals surface area contributed by atoms with Crippen LogP contribution in [-0.2, 0) is 6.54 Å². The highest BCUT2D eigenvalue weighted by molar-refractivity contribution is 5.95. The van der Waals surface area contributed by atoms with Crippen molar-refractivity contribution in [3.05, 3.63) is 77.9 Å². The molecule has 0 aliphatic rings. The molecule has 0 saturated heterocycles. The van der Waals surface area contributed by atoms with Gasteiger partial charge in [0.1, 0.15) is 5.82 Å². The van der Waals surface area contributed by atoms with E-state index < -0.39 is 0 Å². The average molecular weight is 335 g/mol. The first kappa shape index (κ1) is 16.8. The molecule has 1 aromatic carbocycles. The number of carbonyl (C=O) groups excluding carboxylic acids is 1. The van der Waals surface area contributed by atoms with Gasteiger partial charge in [0.2, 0.25) is 0 Å². The Bertz CT molecular complexity index is 830. The number of rotatable bonds is 6. The number of hydrogen-bond acceptors (Lipinski definition) is 4. The minimum Gasteiger partial charge on any atom is -0.345 e. The van der Waals surface area contributed by atoms with Crippen molar-refractivity contribution in [2.45, 2.75) is 32.9 Å². The second-order valence-electron chi connectivity index (χ2n) is 5.94. The third-order valence-corrected chi connectivity index (χ3v) is 4.09. The van der Waals surface area contributed by atoms with Crippen molar-refractivity contribution in [2.75, 3.05) is 0 Å². The Labute approximate surface area is 147 Å². The minimum absolute atomic E-state index is 0.100. The topological polar surface area (TPSA) is 72.7 Å². The Morgan fingerprint density at radius 1 is 1.24 bits per heavy atom. The molecule has 3 rings (SSSR count). The van der Waals surface area contributed by atoms with Gasteiger partial charge >= 0.3 is 0 Å². The lowest BCUT2D eigenvalue weighted by atomic mass is 10.0. The van der Waals surface area contributed by atoms with E-state index in [1.54, 1.807) is 18.7 Å². The number of benzene rings is 1. The Hall–Kier alpha value is -3.02. The van der Waals surface area contributed by atoms with Crippen LogP contribution >= 0.6 is 0 Å². The maximum Gasteiger partial charge on any atom is 0.255 e. The molecule has 3 aromatic rings. The maximum atomic E-state index is 12.7. The van der Waals surface area contributed by atoms with E-state index in [1.165, 1.54) is 0 Å². The zero-order valence-corrected chi connectivity index (χ0v) is 14.4. The van der Waals surface area contributed by atoms with Crippen LogP contribution < -0.4 is 5.32 Å². The van der Waals surface area contributed by atoms with Crippen molar-refractivity contribution in [3.63, 3.8) is 0 Å². The summed E-state index contributed by atoms with van der Waals surface area (Å²) in [5.41, 5.74) is 2.27. The molecule has 2 aromatic heterocycles. The molecule has 1 amide bonds. The highest BCUT2D eigenvalue weighted by Gasteiger charge is 2.18. The van der Waals surface area contributed by atoms with Crippen LogP contribution in [0.5, 0.6) is 0 Å². The zero-order chi connectivity index (χ0) is 17.6. The normalized spacial score (nSPS) is 11.9. The van der Waals surface area contributed by atoms with Crippen LogP contribution in [0.4, 0.5) is 0 Å². The molecule has 6 heteroatoms. The molecule has 0 saturated carbocycles. The predicted octanol–water partition coefficient (Wildman–Crippen LogP) is 2.85. The first-order valence-electron chi connectivity index (χ1n) is 8.25. The van der Waals surface area contributed by atoms with Crippen molar-refractivity contribution in [1.82, 2.24) is 24.8 Å². The summed E-state index contributed by atoms with van der Waals surface area (Å²) in [5.74, 6) is 0.505. The van der Waals surface area contributed by atoms with Gasteiger partial charge < -0.3 is 9.88 Å². The van der Waals surface area contributed by atoms with E-state index in [1.807, 2.05) is 54.9 Å². The quantitative estimate of drug-likeness (QED) is 0.752. The van der Waals surface area contributed by atoms with Crippen molar-refractivity contribution in [1.29, 1.82) is 0 Å². The third-order valence-electron chi connectivity index (χ3n) is 4.09. The van der Waals surface area contributed by atoms with Crippen LogP contribution in [0, 0.1) is 13.8 Å². The molecule has 128 valence electrons. The molecular weight excluding hydrogens is 314 g/mol. The summed E-state index contributed by atoms with van der Waals surface area (Å²) in [6.45, 7) is 4.41.